The summed E-state index contributed by atoms with van der Waals surface area (Å²) in [5.41, 5.74) is 0. The fraction of sp³-hybridized carbons (Fsp3) is 0.308. The molecule has 0 saturated carbocycles. The summed E-state index contributed by atoms with van der Waals surface area (Å²) in [6.07, 6.45) is 0.922. The molecule has 1 amide bonds. The van der Waals surface area contributed by atoms with E-state index in [1.807, 2.05) is 35.5 Å². The zero-order valence-electron chi connectivity index (χ0n) is 9.92. The highest BCUT2D eigenvalue weighted by Crippen LogP contribution is 2.17. The van der Waals surface area contributed by atoms with E-state index in [4.69, 9.17) is 0 Å². The van der Waals surface area contributed by atoms with E-state index in [0.29, 0.717) is 0 Å². The summed E-state index contributed by atoms with van der Waals surface area (Å²) in [5, 5.41) is 4.01. The van der Waals surface area contributed by atoms with E-state index in [2.05, 4.69) is 18.4 Å². The van der Waals surface area contributed by atoms with Crippen LogP contribution in [0.2, 0.25) is 0 Å². The number of carbonyl (C=O) groups is 1. The molecule has 0 N–H and O–H groups in total. The first kappa shape index (κ1) is 12.3. The predicted molar refractivity (Wildman–Crippen MR) is 73.9 cm³/mol. The lowest BCUT2D eigenvalue weighted by atomic mass is 10.2. The average Bonchev–Trinajstić information content (AvgIpc) is 2.99. The summed E-state index contributed by atoms with van der Waals surface area (Å²) in [7, 11) is 1.88. The Morgan fingerprint density at radius 2 is 2.00 bits per heavy atom. The molecule has 0 bridgehead atoms. The number of carbonyl (C=O) groups excluding carboxylic acids is 1. The molecule has 0 spiro atoms. The van der Waals surface area contributed by atoms with Crippen LogP contribution < -0.4 is 0 Å². The van der Waals surface area contributed by atoms with Gasteiger partial charge < -0.3 is 4.90 Å². The average molecular weight is 265 g/mol. The summed E-state index contributed by atoms with van der Waals surface area (Å²) < 4.78 is 0. The number of thiophene rings is 2. The third-order valence-electron chi connectivity index (χ3n) is 2.79. The minimum atomic E-state index is 0.115. The topological polar surface area (TPSA) is 20.3 Å². The Kier molecular flexibility index (Phi) is 3.97. The van der Waals surface area contributed by atoms with Gasteiger partial charge in [-0.15, -0.1) is 22.7 Å². The smallest absolute Gasteiger partial charge is 0.263 e. The van der Waals surface area contributed by atoms with Gasteiger partial charge in [-0.05, 0) is 29.8 Å². The van der Waals surface area contributed by atoms with Crippen molar-refractivity contribution in [3.8, 4) is 0 Å². The Hall–Kier alpha value is -1.13. The number of hydrogen-bond acceptors (Lipinski definition) is 3. The Bertz CT molecular complexity index is 462. The van der Waals surface area contributed by atoms with Gasteiger partial charge in [-0.3, -0.25) is 4.79 Å². The maximum atomic E-state index is 12.1. The van der Waals surface area contributed by atoms with E-state index >= 15 is 0 Å². The van der Waals surface area contributed by atoms with E-state index in [9.17, 15) is 4.79 Å². The van der Waals surface area contributed by atoms with Crippen molar-refractivity contribution in [2.45, 2.75) is 19.4 Å². The van der Waals surface area contributed by atoms with Crippen molar-refractivity contribution in [3.05, 3.63) is 44.8 Å². The molecule has 0 radical (unpaired) electrons. The molecule has 2 aromatic rings. The molecule has 0 aliphatic carbocycles. The molecule has 0 fully saturated rings. The SMILES string of the molecule is CC(Cc1cccs1)N(C)C(=O)c1cccs1. The molecular formula is C13H15NOS2. The molecule has 0 aliphatic rings. The lowest BCUT2D eigenvalue weighted by molar-refractivity contribution is 0.0749. The minimum absolute atomic E-state index is 0.115. The van der Waals surface area contributed by atoms with E-state index in [1.54, 1.807) is 11.3 Å². The number of nitrogens with zero attached hydrogens (tertiary/aromatic N) is 1. The van der Waals surface area contributed by atoms with Crippen LogP contribution in [0.4, 0.5) is 0 Å². The highest BCUT2D eigenvalue weighted by atomic mass is 32.1. The largest absolute Gasteiger partial charge is 0.338 e. The molecular weight excluding hydrogens is 250 g/mol. The standard InChI is InChI=1S/C13H15NOS2/c1-10(9-11-5-3-7-16-11)14(2)13(15)12-6-4-8-17-12/h3-8,10H,9H2,1-2H3. The van der Waals surface area contributed by atoms with E-state index in [-0.39, 0.29) is 11.9 Å². The van der Waals surface area contributed by atoms with Crippen molar-refractivity contribution in [3.63, 3.8) is 0 Å². The molecule has 2 heterocycles. The molecule has 0 aliphatic heterocycles. The lowest BCUT2D eigenvalue weighted by Crippen LogP contribution is -2.35. The predicted octanol–water partition coefficient (Wildman–Crippen LogP) is 3.51. The fourth-order valence-electron chi connectivity index (χ4n) is 1.63. The highest BCUT2D eigenvalue weighted by Gasteiger charge is 2.18. The van der Waals surface area contributed by atoms with E-state index in [1.165, 1.54) is 16.2 Å². The van der Waals surface area contributed by atoms with Gasteiger partial charge in [-0.1, -0.05) is 12.1 Å². The maximum absolute atomic E-state index is 12.1. The molecule has 1 atom stereocenters. The third kappa shape index (κ3) is 2.96. The number of amides is 1. The van der Waals surface area contributed by atoms with Gasteiger partial charge in [0.1, 0.15) is 0 Å². The van der Waals surface area contributed by atoms with Crippen LogP contribution in [-0.4, -0.2) is 23.9 Å². The minimum Gasteiger partial charge on any atom is -0.338 e. The van der Waals surface area contributed by atoms with Crippen LogP contribution in [0.25, 0.3) is 0 Å². The Labute approximate surface area is 110 Å². The summed E-state index contributed by atoms with van der Waals surface area (Å²) in [6.45, 7) is 2.09. The molecule has 4 heteroatoms. The first-order valence-corrected chi connectivity index (χ1v) is 7.27. The van der Waals surface area contributed by atoms with Crippen LogP contribution in [0.5, 0.6) is 0 Å². The fourth-order valence-corrected chi connectivity index (χ4v) is 3.16. The molecule has 1 unspecified atom stereocenters. The van der Waals surface area contributed by atoms with Crippen molar-refractivity contribution < 1.29 is 4.79 Å². The van der Waals surface area contributed by atoms with Gasteiger partial charge in [-0.2, -0.15) is 0 Å². The molecule has 90 valence electrons. The van der Waals surface area contributed by atoms with Gasteiger partial charge in [0.2, 0.25) is 0 Å². The first-order chi connectivity index (χ1) is 8.18. The second-order valence-electron chi connectivity index (χ2n) is 4.03. The molecule has 2 rings (SSSR count). The first-order valence-electron chi connectivity index (χ1n) is 5.51. The van der Waals surface area contributed by atoms with Gasteiger partial charge in [0.15, 0.2) is 0 Å². The van der Waals surface area contributed by atoms with Crippen molar-refractivity contribution in [2.24, 2.45) is 0 Å². The van der Waals surface area contributed by atoms with Gasteiger partial charge >= 0.3 is 0 Å². The van der Waals surface area contributed by atoms with Crippen LogP contribution >= 0.6 is 22.7 Å². The molecule has 2 aromatic heterocycles. The van der Waals surface area contributed by atoms with Crippen molar-refractivity contribution in [1.82, 2.24) is 4.90 Å². The van der Waals surface area contributed by atoms with Crippen LogP contribution in [0.15, 0.2) is 35.0 Å². The maximum Gasteiger partial charge on any atom is 0.263 e. The summed E-state index contributed by atoms with van der Waals surface area (Å²) in [6, 6.07) is 8.18. The number of likely N-dealkylation sites (N-methyl/N-ethyl adjacent to an activating group) is 1. The van der Waals surface area contributed by atoms with Crippen LogP contribution in [-0.2, 0) is 6.42 Å². The lowest BCUT2D eigenvalue weighted by Gasteiger charge is -2.24. The quantitative estimate of drug-likeness (QED) is 0.828. The second-order valence-corrected chi connectivity index (χ2v) is 6.01. The van der Waals surface area contributed by atoms with Crippen LogP contribution in [0.1, 0.15) is 21.5 Å². The molecule has 17 heavy (non-hydrogen) atoms. The van der Waals surface area contributed by atoms with Gasteiger partial charge in [0.05, 0.1) is 4.88 Å². The Morgan fingerprint density at radius 3 is 2.59 bits per heavy atom. The van der Waals surface area contributed by atoms with E-state index in [0.717, 1.165) is 11.3 Å². The normalized spacial score (nSPS) is 12.4. The van der Waals surface area contributed by atoms with Gasteiger partial charge in [0.25, 0.3) is 5.91 Å². The summed E-state index contributed by atoms with van der Waals surface area (Å²) in [5.74, 6) is 0.115. The summed E-state index contributed by atoms with van der Waals surface area (Å²) in [4.78, 5) is 16.1. The zero-order valence-corrected chi connectivity index (χ0v) is 11.6. The highest BCUT2D eigenvalue weighted by molar-refractivity contribution is 7.12. The zero-order chi connectivity index (χ0) is 12.3. The van der Waals surface area contributed by atoms with Crippen molar-refractivity contribution in [1.29, 1.82) is 0 Å². The van der Waals surface area contributed by atoms with E-state index < -0.39 is 0 Å². The monoisotopic (exact) mass is 265 g/mol. The molecule has 0 aromatic carbocycles. The molecule has 2 nitrogen and oxygen atoms in total. The van der Waals surface area contributed by atoms with Crippen LogP contribution in [0, 0.1) is 0 Å². The van der Waals surface area contributed by atoms with Gasteiger partial charge in [0, 0.05) is 24.4 Å². The Balaban J connectivity index is 2.00. The number of rotatable bonds is 4. The van der Waals surface area contributed by atoms with Crippen LogP contribution in [0.3, 0.4) is 0 Å². The second kappa shape index (κ2) is 5.47. The number of hydrogen-bond donors (Lipinski definition) is 0. The summed E-state index contributed by atoms with van der Waals surface area (Å²) >= 11 is 3.24. The van der Waals surface area contributed by atoms with Crippen molar-refractivity contribution >= 4 is 28.6 Å². The van der Waals surface area contributed by atoms with Crippen molar-refractivity contribution in [2.75, 3.05) is 7.05 Å². The van der Waals surface area contributed by atoms with Gasteiger partial charge in [-0.25, -0.2) is 0 Å². The third-order valence-corrected chi connectivity index (χ3v) is 4.55. The molecule has 0 saturated heterocycles. The Morgan fingerprint density at radius 1 is 1.29 bits per heavy atom.